The van der Waals surface area contributed by atoms with Gasteiger partial charge in [-0.05, 0) is 5.57 Å². The van der Waals surface area contributed by atoms with E-state index in [0.29, 0.717) is 0 Å². The van der Waals surface area contributed by atoms with Gasteiger partial charge < -0.3 is 4.52 Å². The minimum absolute atomic E-state index is 0.736. The molecule has 0 unspecified atom stereocenters. The first kappa shape index (κ1) is 6.55. The van der Waals surface area contributed by atoms with E-state index in [-0.39, 0.29) is 0 Å². The first-order valence-electron chi connectivity index (χ1n) is 2.49. The topological polar surface area (TPSA) is 26.0 Å². The standard InChI is InChI=1S/C6H6BrNO/c1-5(4-7)6-2-3-9-8-6/h2-3H,1,4H2. The molecule has 0 aliphatic heterocycles. The number of hydrogen-bond acceptors (Lipinski definition) is 2. The minimum Gasteiger partial charge on any atom is -0.364 e. The molecule has 0 saturated heterocycles. The fourth-order valence-electron chi connectivity index (χ4n) is 0.463. The molecule has 0 atom stereocenters. The molecular formula is C6H6BrNO. The van der Waals surface area contributed by atoms with E-state index in [0.717, 1.165) is 16.6 Å². The minimum atomic E-state index is 0.736. The molecule has 1 aromatic rings. The highest BCUT2D eigenvalue weighted by Gasteiger charge is 1.97. The molecule has 0 N–H and O–H groups in total. The molecule has 0 amide bonds. The maximum absolute atomic E-state index is 4.61. The van der Waals surface area contributed by atoms with Crippen LogP contribution in [-0.2, 0) is 0 Å². The molecule has 0 fully saturated rings. The van der Waals surface area contributed by atoms with Gasteiger partial charge in [-0.2, -0.15) is 0 Å². The van der Waals surface area contributed by atoms with Crippen LogP contribution in [-0.4, -0.2) is 10.5 Å². The molecule has 0 spiro atoms. The summed E-state index contributed by atoms with van der Waals surface area (Å²) in [4.78, 5) is 0. The van der Waals surface area contributed by atoms with Crippen LogP contribution in [0.25, 0.3) is 5.57 Å². The van der Waals surface area contributed by atoms with E-state index >= 15 is 0 Å². The molecule has 48 valence electrons. The zero-order valence-electron chi connectivity index (χ0n) is 4.80. The van der Waals surface area contributed by atoms with Crippen molar-refractivity contribution in [1.29, 1.82) is 0 Å². The second-order valence-electron chi connectivity index (χ2n) is 1.62. The van der Waals surface area contributed by atoms with Gasteiger partial charge in [0.05, 0.1) is 0 Å². The summed E-state index contributed by atoms with van der Waals surface area (Å²) < 4.78 is 4.61. The van der Waals surface area contributed by atoms with E-state index < -0.39 is 0 Å². The number of nitrogens with zero attached hydrogens (tertiary/aromatic N) is 1. The Bertz CT molecular complexity index is 193. The van der Waals surface area contributed by atoms with Crippen LogP contribution < -0.4 is 0 Å². The van der Waals surface area contributed by atoms with E-state index in [4.69, 9.17) is 0 Å². The van der Waals surface area contributed by atoms with Gasteiger partial charge >= 0.3 is 0 Å². The van der Waals surface area contributed by atoms with Crippen molar-refractivity contribution in [2.45, 2.75) is 0 Å². The van der Waals surface area contributed by atoms with Crippen molar-refractivity contribution in [3.05, 3.63) is 24.6 Å². The number of alkyl halides is 1. The highest BCUT2D eigenvalue weighted by atomic mass is 79.9. The normalized spacial score (nSPS) is 9.44. The Morgan fingerprint density at radius 3 is 3.11 bits per heavy atom. The van der Waals surface area contributed by atoms with Crippen LogP contribution >= 0.6 is 15.9 Å². The fraction of sp³-hybridized carbons (Fsp3) is 0.167. The summed E-state index contributed by atoms with van der Waals surface area (Å²) in [5.41, 5.74) is 1.75. The van der Waals surface area contributed by atoms with Gasteiger partial charge in [0.2, 0.25) is 0 Å². The summed E-state index contributed by atoms with van der Waals surface area (Å²) in [5, 5.41) is 4.42. The Morgan fingerprint density at radius 1 is 1.89 bits per heavy atom. The van der Waals surface area contributed by atoms with Crippen molar-refractivity contribution in [2.75, 3.05) is 5.33 Å². The molecule has 1 aromatic heterocycles. The van der Waals surface area contributed by atoms with Crippen LogP contribution in [0.15, 0.2) is 23.4 Å². The predicted octanol–water partition coefficient (Wildman–Crippen LogP) is 2.08. The zero-order valence-corrected chi connectivity index (χ0v) is 6.39. The van der Waals surface area contributed by atoms with E-state index in [1.807, 2.05) is 0 Å². The Morgan fingerprint density at radius 2 is 2.67 bits per heavy atom. The van der Waals surface area contributed by atoms with Crippen molar-refractivity contribution in [3.63, 3.8) is 0 Å². The molecule has 0 aliphatic carbocycles. The van der Waals surface area contributed by atoms with Crippen LogP contribution in [0.5, 0.6) is 0 Å². The SMILES string of the molecule is C=C(CBr)c1ccon1. The monoisotopic (exact) mass is 187 g/mol. The van der Waals surface area contributed by atoms with E-state index in [2.05, 4.69) is 32.2 Å². The summed E-state index contributed by atoms with van der Waals surface area (Å²) in [5.74, 6) is 0. The third kappa shape index (κ3) is 1.42. The Labute approximate surface area is 61.7 Å². The van der Waals surface area contributed by atoms with Crippen molar-refractivity contribution in [1.82, 2.24) is 5.16 Å². The lowest BCUT2D eigenvalue weighted by Gasteiger charge is -1.89. The molecule has 2 nitrogen and oxygen atoms in total. The lowest BCUT2D eigenvalue weighted by molar-refractivity contribution is 0.418. The molecular weight excluding hydrogens is 182 g/mol. The Balaban J connectivity index is 2.77. The maximum atomic E-state index is 4.61. The van der Waals surface area contributed by atoms with Crippen molar-refractivity contribution in [2.24, 2.45) is 0 Å². The van der Waals surface area contributed by atoms with Crippen LogP contribution in [0.4, 0.5) is 0 Å². The van der Waals surface area contributed by atoms with Gasteiger partial charge in [0.15, 0.2) is 0 Å². The van der Waals surface area contributed by atoms with Gasteiger partial charge in [-0.3, -0.25) is 0 Å². The van der Waals surface area contributed by atoms with Gasteiger partial charge in [-0.1, -0.05) is 27.7 Å². The van der Waals surface area contributed by atoms with Gasteiger partial charge in [0.1, 0.15) is 12.0 Å². The number of halogens is 1. The molecule has 0 aromatic carbocycles. The van der Waals surface area contributed by atoms with E-state index in [1.54, 1.807) is 6.07 Å². The molecule has 0 radical (unpaired) electrons. The van der Waals surface area contributed by atoms with Crippen LogP contribution in [0.3, 0.4) is 0 Å². The summed E-state index contributed by atoms with van der Waals surface area (Å²) in [6.07, 6.45) is 1.53. The average molecular weight is 188 g/mol. The first-order valence-corrected chi connectivity index (χ1v) is 3.61. The number of rotatable bonds is 2. The summed E-state index contributed by atoms with van der Waals surface area (Å²) in [6, 6.07) is 1.78. The van der Waals surface area contributed by atoms with E-state index in [1.165, 1.54) is 6.26 Å². The van der Waals surface area contributed by atoms with Crippen LogP contribution in [0, 0.1) is 0 Å². The first-order chi connectivity index (χ1) is 4.34. The zero-order chi connectivity index (χ0) is 6.69. The molecule has 0 aliphatic rings. The van der Waals surface area contributed by atoms with Crippen molar-refractivity contribution < 1.29 is 4.52 Å². The lowest BCUT2D eigenvalue weighted by Crippen LogP contribution is -1.80. The number of aromatic nitrogens is 1. The smallest absolute Gasteiger partial charge is 0.124 e. The Kier molecular flexibility index (Phi) is 2.05. The third-order valence-electron chi connectivity index (χ3n) is 0.961. The summed E-state index contributed by atoms with van der Waals surface area (Å²) in [7, 11) is 0. The second-order valence-corrected chi connectivity index (χ2v) is 2.18. The molecule has 1 rings (SSSR count). The van der Waals surface area contributed by atoms with Crippen molar-refractivity contribution >= 4 is 21.5 Å². The van der Waals surface area contributed by atoms with Gasteiger partial charge in [-0.25, -0.2) is 0 Å². The van der Waals surface area contributed by atoms with E-state index in [9.17, 15) is 0 Å². The second kappa shape index (κ2) is 2.82. The quantitative estimate of drug-likeness (QED) is 0.664. The number of hydrogen-bond donors (Lipinski definition) is 0. The fourth-order valence-corrected chi connectivity index (χ4v) is 0.751. The predicted molar refractivity (Wildman–Crippen MR) is 39.3 cm³/mol. The molecule has 1 heterocycles. The summed E-state index contributed by atoms with van der Waals surface area (Å²) in [6.45, 7) is 3.75. The largest absolute Gasteiger partial charge is 0.364 e. The highest BCUT2D eigenvalue weighted by Crippen LogP contribution is 2.10. The summed E-state index contributed by atoms with van der Waals surface area (Å²) >= 11 is 3.25. The lowest BCUT2D eigenvalue weighted by atomic mass is 10.2. The molecule has 0 bridgehead atoms. The molecule has 9 heavy (non-hydrogen) atoms. The Hall–Kier alpha value is -0.570. The van der Waals surface area contributed by atoms with Gasteiger partial charge in [-0.15, -0.1) is 0 Å². The van der Waals surface area contributed by atoms with Crippen molar-refractivity contribution in [3.8, 4) is 0 Å². The maximum Gasteiger partial charge on any atom is 0.124 e. The van der Waals surface area contributed by atoms with Gasteiger partial charge in [0.25, 0.3) is 0 Å². The molecule has 0 saturated carbocycles. The molecule has 3 heteroatoms. The van der Waals surface area contributed by atoms with Crippen LogP contribution in [0.1, 0.15) is 5.69 Å². The average Bonchev–Trinajstić information content (AvgIpc) is 2.37. The van der Waals surface area contributed by atoms with Gasteiger partial charge in [0, 0.05) is 11.4 Å². The highest BCUT2D eigenvalue weighted by molar-refractivity contribution is 9.09. The van der Waals surface area contributed by atoms with Crippen LogP contribution in [0.2, 0.25) is 0 Å². The number of allylic oxidation sites excluding steroid dienone is 1. The third-order valence-corrected chi connectivity index (χ3v) is 1.64.